The van der Waals surface area contributed by atoms with E-state index in [4.69, 9.17) is 21.1 Å². The van der Waals surface area contributed by atoms with Crippen LogP contribution in [0.4, 0.5) is 0 Å². The summed E-state index contributed by atoms with van der Waals surface area (Å²) >= 11 is 6.07. The van der Waals surface area contributed by atoms with Crippen LogP contribution in [-0.4, -0.2) is 29.5 Å². The Morgan fingerprint density at radius 3 is 2.47 bits per heavy atom. The third-order valence-electron chi connectivity index (χ3n) is 3.77. The van der Waals surface area contributed by atoms with E-state index < -0.39 is 0 Å². The van der Waals surface area contributed by atoms with Gasteiger partial charge >= 0.3 is 5.97 Å². The zero-order valence-electron chi connectivity index (χ0n) is 17.9. The molecule has 0 saturated carbocycles. The number of ether oxygens (including phenoxy) is 2. The van der Waals surface area contributed by atoms with Gasteiger partial charge in [-0.3, -0.25) is 19.6 Å². The van der Waals surface area contributed by atoms with E-state index in [1.165, 1.54) is 19.6 Å². The molecule has 0 amide bonds. The Hall–Kier alpha value is -2.99. The first-order valence-electron chi connectivity index (χ1n) is 9.51. The molecule has 0 aliphatic heterocycles. The number of hydrogen-bond acceptors (Lipinski definition) is 6. The normalized spacial score (nSPS) is 9.53. The molecule has 0 atom stereocenters. The molecule has 0 spiro atoms. The monoisotopic (exact) mass is 430 g/mol. The molecule has 0 fully saturated rings. The summed E-state index contributed by atoms with van der Waals surface area (Å²) in [7, 11) is 1.31. The number of hydrogen-bond donors (Lipinski definition) is 0. The van der Waals surface area contributed by atoms with Crippen LogP contribution in [0.1, 0.15) is 43.2 Å². The van der Waals surface area contributed by atoms with Crippen LogP contribution in [0.15, 0.2) is 42.7 Å². The number of halogens is 1. The van der Waals surface area contributed by atoms with Crippen LogP contribution in [0.2, 0.25) is 5.02 Å². The molecular formula is C23H27ClN2O4. The van der Waals surface area contributed by atoms with Crippen molar-refractivity contribution in [2.24, 2.45) is 0 Å². The van der Waals surface area contributed by atoms with Crippen LogP contribution in [0.25, 0.3) is 10.9 Å². The van der Waals surface area contributed by atoms with Crippen molar-refractivity contribution in [1.29, 1.82) is 0 Å². The van der Waals surface area contributed by atoms with Gasteiger partial charge in [-0.05, 0) is 48.4 Å². The summed E-state index contributed by atoms with van der Waals surface area (Å²) in [6.07, 6.45) is 4.10. The first kappa shape index (κ1) is 25.0. The maximum absolute atomic E-state index is 11.1. The highest BCUT2D eigenvalue weighted by molar-refractivity contribution is 6.31. The second-order valence-corrected chi connectivity index (χ2v) is 6.53. The minimum atomic E-state index is -0.317. The molecule has 6 nitrogen and oxygen atoms in total. The number of carbonyl (C=O) groups excluding carboxylic acids is 2. The third kappa shape index (κ3) is 8.17. The molecule has 0 N–H and O–H groups in total. The van der Waals surface area contributed by atoms with E-state index in [0.717, 1.165) is 27.7 Å². The van der Waals surface area contributed by atoms with E-state index >= 15 is 0 Å². The van der Waals surface area contributed by atoms with Gasteiger partial charge in [0.2, 0.25) is 0 Å². The summed E-state index contributed by atoms with van der Waals surface area (Å²) in [5, 5.41) is 1.50. The van der Waals surface area contributed by atoms with Gasteiger partial charge in [0.25, 0.3) is 6.47 Å². The van der Waals surface area contributed by atoms with Crippen LogP contribution in [0.5, 0.6) is 0 Å². The molecular weight excluding hydrogens is 404 g/mol. The minimum absolute atomic E-state index is 0.190. The lowest BCUT2D eigenvalue weighted by Crippen LogP contribution is -2.02. The Labute approximate surface area is 182 Å². The number of pyridine rings is 2. The van der Waals surface area contributed by atoms with Gasteiger partial charge in [0, 0.05) is 42.4 Å². The third-order valence-corrected chi connectivity index (χ3v) is 3.98. The highest BCUT2D eigenvalue weighted by atomic mass is 35.5. The Morgan fingerprint density at radius 1 is 1.17 bits per heavy atom. The number of esters is 1. The fraction of sp³-hybridized carbons (Fsp3) is 0.304. The van der Waals surface area contributed by atoms with Gasteiger partial charge in [-0.2, -0.15) is 0 Å². The summed E-state index contributed by atoms with van der Waals surface area (Å²) in [5.74, 6) is -0.317. The van der Waals surface area contributed by atoms with Gasteiger partial charge in [-0.25, -0.2) is 0 Å². The number of nitrogens with zero attached hydrogens (tertiary/aromatic N) is 2. The lowest BCUT2D eigenvalue weighted by Gasteiger charge is -2.10. The first-order valence-corrected chi connectivity index (χ1v) is 9.89. The molecule has 1 aromatic carbocycles. The highest BCUT2D eigenvalue weighted by Crippen LogP contribution is 2.24. The number of aryl methyl sites for hydroxylation is 1. The van der Waals surface area contributed by atoms with E-state index in [1.807, 2.05) is 45.2 Å². The molecule has 0 radical (unpaired) electrons. The molecule has 0 bridgehead atoms. The molecule has 3 aromatic rings. The van der Waals surface area contributed by atoms with Crippen molar-refractivity contribution in [3.8, 4) is 0 Å². The molecule has 0 unspecified atom stereocenters. The molecule has 2 heterocycles. The average Bonchev–Trinajstić information content (AvgIpc) is 2.73. The van der Waals surface area contributed by atoms with Crippen molar-refractivity contribution in [1.82, 2.24) is 9.97 Å². The number of aromatic nitrogens is 2. The van der Waals surface area contributed by atoms with Crippen molar-refractivity contribution in [3.05, 3.63) is 70.1 Å². The highest BCUT2D eigenvalue weighted by Gasteiger charge is 2.09. The SMILES string of the molecule is CC.CC(=O)OCc1cc(Cc2cc(C)ccn2)cc2cc(Cl)cnc12.COC=O. The van der Waals surface area contributed by atoms with Crippen molar-refractivity contribution >= 4 is 34.9 Å². The van der Waals surface area contributed by atoms with Gasteiger partial charge in [-0.15, -0.1) is 0 Å². The molecule has 2 aromatic heterocycles. The smallest absolute Gasteiger partial charge is 0.302 e. The molecule has 7 heteroatoms. The van der Waals surface area contributed by atoms with E-state index in [1.54, 1.807) is 6.20 Å². The second kappa shape index (κ2) is 13.3. The van der Waals surface area contributed by atoms with Gasteiger partial charge in [-0.1, -0.05) is 25.4 Å². The topological polar surface area (TPSA) is 78.4 Å². The maximum atomic E-state index is 11.1. The van der Waals surface area contributed by atoms with Crippen molar-refractivity contribution in [2.45, 2.75) is 40.7 Å². The number of carbonyl (C=O) groups is 2. The number of rotatable bonds is 5. The quantitative estimate of drug-likeness (QED) is 0.415. The Bertz CT molecular complexity index is 977. The summed E-state index contributed by atoms with van der Waals surface area (Å²) in [5.41, 5.74) is 4.89. The number of benzene rings is 1. The Kier molecular flexibility index (Phi) is 11.1. The summed E-state index contributed by atoms with van der Waals surface area (Å²) in [4.78, 5) is 28.9. The van der Waals surface area contributed by atoms with Gasteiger partial charge in [0.1, 0.15) is 6.61 Å². The van der Waals surface area contributed by atoms with Gasteiger partial charge in [0.15, 0.2) is 0 Å². The molecule has 160 valence electrons. The summed E-state index contributed by atoms with van der Waals surface area (Å²) < 4.78 is 9.02. The van der Waals surface area contributed by atoms with Gasteiger partial charge in [0.05, 0.1) is 17.6 Å². The lowest BCUT2D eigenvalue weighted by atomic mass is 10.0. The largest absolute Gasteiger partial charge is 0.471 e. The van der Waals surface area contributed by atoms with E-state index in [2.05, 4.69) is 26.8 Å². The first-order chi connectivity index (χ1) is 14.4. The summed E-state index contributed by atoms with van der Waals surface area (Å²) in [6.45, 7) is 8.00. The van der Waals surface area contributed by atoms with E-state index in [9.17, 15) is 4.79 Å². The molecule has 0 aliphatic rings. The second-order valence-electron chi connectivity index (χ2n) is 6.09. The number of methoxy groups -OCH3 is 1. The van der Waals surface area contributed by atoms with Crippen molar-refractivity contribution < 1.29 is 19.1 Å². The Morgan fingerprint density at radius 2 is 1.87 bits per heavy atom. The molecule has 0 aliphatic carbocycles. The van der Waals surface area contributed by atoms with Crippen LogP contribution in [0, 0.1) is 6.92 Å². The summed E-state index contributed by atoms with van der Waals surface area (Å²) in [6, 6.07) is 9.96. The van der Waals surface area contributed by atoms with E-state index in [0.29, 0.717) is 17.9 Å². The predicted molar refractivity (Wildman–Crippen MR) is 118 cm³/mol. The standard InChI is InChI=1S/C19H17ClN2O2.C2H4O2.C2H6/c1-12-3-4-21-18(5-12)8-14-6-15-9-17(20)10-22-19(15)16(7-14)11-24-13(2)23;1-4-2-3;1-2/h3-7,9-10H,8,11H2,1-2H3;2H,1H3;1-2H3. The van der Waals surface area contributed by atoms with Crippen molar-refractivity contribution in [2.75, 3.05) is 7.11 Å². The molecule has 30 heavy (non-hydrogen) atoms. The maximum Gasteiger partial charge on any atom is 0.302 e. The van der Waals surface area contributed by atoms with Crippen LogP contribution in [-0.2, 0) is 32.1 Å². The minimum Gasteiger partial charge on any atom is -0.471 e. The molecule has 3 rings (SSSR count). The van der Waals surface area contributed by atoms with Crippen LogP contribution < -0.4 is 0 Å². The number of fused-ring (bicyclic) bond motifs is 1. The van der Waals surface area contributed by atoms with Gasteiger partial charge < -0.3 is 9.47 Å². The average molecular weight is 431 g/mol. The fourth-order valence-corrected chi connectivity index (χ4v) is 2.83. The Balaban J connectivity index is 0.000000673. The zero-order chi connectivity index (χ0) is 22.5. The fourth-order valence-electron chi connectivity index (χ4n) is 2.66. The zero-order valence-corrected chi connectivity index (χ0v) is 18.7. The van der Waals surface area contributed by atoms with E-state index in [-0.39, 0.29) is 12.6 Å². The lowest BCUT2D eigenvalue weighted by molar-refractivity contribution is -0.142. The predicted octanol–water partition coefficient (Wildman–Crippen LogP) is 5.06. The van der Waals surface area contributed by atoms with Crippen LogP contribution in [0.3, 0.4) is 0 Å². The van der Waals surface area contributed by atoms with Crippen LogP contribution >= 0.6 is 11.6 Å². The molecule has 0 saturated heterocycles. The van der Waals surface area contributed by atoms with Crippen molar-refractivity contribution in [3.63, 3.8) is 0 Å².